The van der Waals surface area contributed by atoms with E-state index in [9.17, 15) is 9.59 Å². The van der Waals surface area contributed by atoms with Crippen LogP contribution in [0.15, 0.2) is 51.7 Å². The van der Waals surface area contributed by atoms with Gasteiger partial charge in [-0.15, -0.1) is 0 Å². The average Bonchev–Trinajstić information content (AvgIpc) is 3.34. The Morgan fingerprint density at radius 2 is 1.96 bits per heavy atom. The number of hydrogen-bond donors (Lipinski definition) is 2. The minimum atomic E-state index is -0.523. The fraction of sp³-hybridized carbons (Fsp3) is 0.0588. The lowest BCUT2D eigenvalue weighted by Crippen LogP contribution is -2.14. The van der Waals surface area contributed by atoms with Gasteiger partial charge < -0.3 is 8.83 Å². The zero-order valence-corrected chi connectivity index (χ0v) is 14.3. The molecule has 0 aliphatic carbocycles. The van der Waals surface area contributed by atoms with Crippen molar-refractivity contribution in [3.8, 4) is 0 Å². The molecule has 0 aliphatic heterocycles. The maximum atomic E-state index is 12.3. The highest BCUT2D eigenvalue weighted by molar-refractivity contribution is 7.22. The Hall–Kier alpha value is -3.46. The first-order valence-electron chi connectivity index (χ1n) is 7.57. The standard InChI is InChI=1S/C17H12N4O4S/c1-9-4-5-10-13(7-9)26-17(19-10)21-14(22)11-8-25-16(18-11)20-15(23)12-3-2-6-24-12/h2-8H,1H3,(H,18,20,23)(H,19,21,22). The van der Waals surface area contributed by atoms with E-state index in [-0.39, 0.29) is 17.5 Å². The van der Waals surface area contributed by atoms with E-state index in [0.717, 1.165) is 22.0 Å². The topological polar surface area (TPSA) is 110 Å². The number of nitrogens with zero attached hydrogens (tertiary/aromatic N) is 2. The Bertz CT molecular complexity index is 1100. The fourth-order valence-electron chi connectivity index (χ4n) is 2.25. The van der Waals surface area contributed by atoms with E-state index in [0.29, 0.717) is 5.13 Å². The van der Waals surface area contributed by atoms with Gasteiger partial charge in [0.05, 0.1) is 16.5 Å². The van der Waals surface area contributed by atoms with Gasteiger partial charge in [0, 0.05) is 0 Å². The van der Waals surface area contributed by atoms with Gasteiger partial charge in [-0.25, -0.2) is 4.98 Å². The molecule has 3 aromatic heterocycles. The zero-order valence-electron chi connectivity index (χ0n) is 13.5. The van der Waals surface area contributed by atoms with Crippen molar-refractivity contribution in [2.24, 2.45) is 0 Å². The molecule has 0 fully saturated rings. The van der Waals surface area contributed by atoms with E-state index >= 15 is 0 Å². The molecule has 0 spiro atoms. The van der Waals surface area contributed by atoms with Crippen LogP contribution in [0.1, 0.15) is 26.6 Å². The highest BCUT2D eigenvalue weighted by Gasteiger charge is 2.17. The number of rotatable bonds is 4. The molecule has 26 heavy (non-hydrogen) atoms. The fourth-order valence-corrected chi connectivity index (χ4v) is 3.21. The molecule has 0 unspecified atom stereocenters. The lowest BCUT2D eigenvalue weighted by Gasteiger charge is -1.97. The summed E-state index contributed by atoms with van der Waals surface area (Å²) in [5.41, 5.74) is 1.95. The molecule has 0 bridgehead atoms. The van der Waals surface area contributed by atoms with Crippen LogP contribution >= 0.6 is 11.3 Å². The molecule has 0 saturated carbocycles. The molecule has 1 aromatic carbocycles. The van der Waals surface area contributed by atoms with Gasteiger partial charge in [0.1, 0.15) is 6.26 Å². The van der Waals surface area contributed by atoms with Crippen LogP contribution in [-0.2, 0) is 0 Å². The van der Waals surface area contributed by atoms with Crippen LogP contribution in [0.3, 0.4) is 0 Å². The summed E-state index contributed by atoms with van der Waals surface area (Å²) in [7, 11) is 0. The number of carbonyl (C=O) groups excluding carboxylic acids is 2. The Labute approximate surface area is 150 Å². The summed E-state index contributed by atoms with van der Waals surface area (Å²) < 4.78 is 11.1. The van der Waals surface area contributed by atoms with Gasteiger partial charge in [0.2, 0.25) is 0 Å². The molecule has 0 saturated heterocycles. The number of benzene rings is 1. The Morgan fingerprint density at radius 1 is 1.08 bits per heavy atom. The van der Waals surface area contributed by atoms with Gasteiger partial charge in [-0.1, -0.05) is 17.4 Å². The first-order chi connectivity index (χ1) is 12.6. The summed E-state index contributed by atoms with van der Waals surface area (Å²) in [6.45, 7) is 1.99. The van der Waals surface area contributed by atoms with Gasteiger partial charge >= 0.3 is 6.01 Å². The number of aromatic nitrogens is 2. The third-order valence-corrected chi connectivity index (χ3v) is 4.40. The molecule has 2 amide bonds. The maximum absolute atomic E-state index is 12.3. The number of carbonyl (C=O) groups is 2. The quantitative estimate of drug-likeness (QED) is 0.568. The monoisotopic (exact) mass is 368 g/mol. The summed E-state index contributed by atoms with van der Waals surface area (Å²) in [6, 6.07) is 8.84. The van der Waals surface area contributed by atoms with Crippen LogP contribution in [0.25, 0.3) is 10.2 Å². The highest BCUT2D eigenvalue weighted by atomic mass is 32.1. The average molecular weight is 368 g/mol. The molecule has 9 heteroatoms. The number of fused-ring (bicyclic) bond motifs is 1. The lowest BCUT2D eigenvalue weighted by atomic mass is 10.2. The van der Waals surface area contributed by atoms with Crippen molar-refractivity contribution in [2.75, 3.05) is 10.6 Å². The Kier molecular flexibility index (Phi) is 3.98. The third-order valence-electron chi connectivity index (χ3n) is 3.47. The number of furan rings is 1. The van der Waals surface area contributed by atoms with Crippen LogP contribution in [0.2, 0.25) is 0 Å². The summed E-state index contributed by atoms with van der Waals surface area (Å²) in [6.07, 6.45) is 2.54. The largest absolute Gasteiger partial charge is 0.459 e. The molecule has 4 rings (SSSR count). The van der Waals surface area contributed by atoms with Crippen molar-refractivity contribution in [2.45, 2.75) is 6.92 Å². The Morgan fingerprint density at radius 3 is 2.77 bits per heavy atom. The molecule has 0 radical (unpaired) electrons. The molecule has 0 aliphatic rings. The molecule has 4 aromatic rings. The second kappa shape index (κ2) is 6.45. The predicted molar refractivity (Wildman–Crippen MR) is 95.5 cm³/mol. The van der Waals surface area contributed by atoms with E-state index in [1.54, 1.807) is 6.07 Å². The van der Waals surface area contributed by atoms with Gasteiger partial charge in [0.15, 0.2) is 16.6 Å². The number of nitrogens with one attached hydrogen (secondary N) is 2. The minimum Gasteiger partial charge on any atom is -0.459 e. The van der Waals surface area contributed by atoms with Crippen LogP contribution in [0.4, 0.5) is 11.1 Å². The van der Waals surface area contributed by atoms with Gasteiger partial charge in [0.25, 0.3) is 11.8 Å². The van der Waals surface area contributed by atoms with Crippen molar-refractivity contribution in [1.82, 2.24) is 9.97 Å². The van der Waals surface area contributed by atoms with Gasteiger partial charge in [-0.3, -0.25) is 20.2 Å². The summed E-state index contributed by atoms with van der Waals surface area (Å²) in [5, 5.41) is 5.54. The molecule has 130 valence electrons. The van der Waals surface area contributed by atoms with Gasteiger partial charge in [-0.05, 0) is 36.8 Å². The second-order valence-corrected chi connectivity index (χ2v) is 6.44. The smallest absolute Gasteiger partial charge is 0.302 e. The number of amides is 2. The van der Waals surface area contributed by atoms with E-state index in [1.165, 1.54) is 23.7 Å². The van der Waals surface area contributed by atoms with Crippen molar-refractivity contribution < 1.29 is 18.4 Å². The third kappa shape index (κ3) is 3.20. The summed E-state index contributed by atoms with van der Waals surface area (Å²) in [5.74, 6) is -0.896. The molecule has 8 nitrogen and oxygen atoms in total. The van der Waals surface area contributed by atoms with E-state index in [1.807, 2.05) is 25.1 Å². The van der Waals surface area contributed by atoms with Crippen molar-refractivity contribution in [3.05, 3.63) is 59.9 Å². The van der Waals surface area contributed by atoms with Crippen LogP contribution in [0.5, 0.6) is 0 Å². The highest BCUT2D eigenvalue weighted by Crippen LogP contribution is 2.27. The maximum Gasteiger partial charge on any atom is 0.302 e. The second-order valence-electron chi connectivity index (χ2n) is 5.41. The number of aryl methyl sites for hydroxylation is 1. The van der Waals surface area contributed by atoms with E-state index in [2.05, 4.69) is 20.6 Å². The van der Waals surface area contributed by atoms with Crippen molar-refractivity contribution in [1.29, 1.82) is 0 Å². The summed E-state index contributed by atoms with van der Waals surface area (Å²) >= 11 is 1.37. The lowest BCUT2D eigenvalue weighted by molar-refractivity contribution is 0.0990. The summed E-state index contributed by atoms with van der Waals surface area (Å²) in [4.78, 5) is 32.4. The molecule has 2 N–H and O–H groups in total. The van der Waals surface area contributed by atoms with E-state index in [4.69, 9.17) is 8.83 Å². The zero-order chi connectivity index (χ0) is 18.1. The van der Waals surface area contributed by atoms with Crippen molar-refractivity contribution in [3.63, 3.8) is 0 Å². The predicted octanol–water partition coefficient (Wildman–Crippen LogP) is 3.69. The molecular formula is C17H12N4O4S. The van der Waals surface area contributed by atoms with Crippen LogP contribution in [0, 0.1) is 6.92 Å². The number of hydrogen-bond acceptors (Lipinski definition) is 7. The first kappa shape index (κ1) is 16.0. The van der Waals surface area contributed by atoms with Gasteiger partial charge in [-0.2, -0.15) is 4.98 Å². The first-order valence-corrected chi connectivity index (χ1v) is 8.39. The van der Waals surface area contributed by atoms with Crippen molar-refractivity contribution >= 4 is 44.5 Å². The molecule has 3 heterocycles. The molecule has 0 atom stereocenters. The number of oxazole rings is 1. The minimum absolute atomic E-state index is 0.0233. The van der Waals surface area contributed by atoms with Crippen LogP contribution < -0.4 is 10.6 Å². The number of anilines is 2. The SMILES string of the molecule is Cc1ccc2nc(NC(=O)c3coc(NC(=O)c4ccco4)n3)sc2c1. The normalized spacial score (nSPS) is 10.8. The molecular weight excluding hydrogens is 356 g/mol. The van der Waals surface area contributed by atoms with E-state index < -0.39 is 11.8 Å². The number of thiazole rings is 1. The van der Waals surface area contributed by atoms with Crippen LogP contribution in [-0.4, -0.2) is 21.8 Å². The Balaban J connectivity index is 1.46.